The SMILES string of the molecule is COc1cccc(C(CNC(=O)C(=O)Nc2cc3c4c(c2)CCN4C(=O)CC3)N2CCOCC2)c1. The molecule has 3 aliphatic rings. The van der Waals surface area contributed by atoms with E-state index in [4.69, 9.17) is 9.47 Å². The minimum Gasteiger partial charge on any atom is -0.497 e. The van der Waals surface area contributed by atoms with Crippen molar-refractivity contribution in [3.8, 4) is 5.75 Å². The minimum absolute atomic E-state index is 0.112. The zero-order valence-electron chi connectivity index (χ0n) is 19.8. The molecule has 9 nitrogen and oxygen atoms in total. The van der Waals surface area contributed by atoms with Crippen molar-refractivity contribution in [3.63, 3.8) is 0 Å². The maximum Gasteiger partial charge on any atom is 0.313 e. The van der Waals surface area contributed by atoms with Gasteiger partial charge in [0.15, 0.2) is 0 Å². The third-order valence-electron chi connectivity index (χ3n) is 6.94. The highest BCUT2D eigenvalue weighted by Crippen LogP contribution is 2.38. The number of carbonyl (C=O) groups is 3. The summed E-state index contributed by atoms with van der Waals surface area (Å²) in [6.45, 7) is 3.68. The number of benzene rings is 2. The van der Waals surface area contributed by atoms with Gasteiger partial charge >= 0.3 is 11.8 Å². The topological polar surface area (TPSA) is 100 Å². The molecule has 0 saturated carbocycles. The van der Waals surface area contributed by atoms with Crippen molar-refractivity contribution in [3.05, 3.63) is 53.1 Å². The summed E-state index contributed by atoms with van der Waals surface area (Å²) in [6, 6.07) is 11.4. The summed E-state index contributed by atoms with van der Waals surface area (Å²) in [5, 5.41) is 5.56. The monoisotopic (exact) mass is 478 g/mol. The Morgan fingerprint density at radius 3 is 2.57 bits per heavy atom. The molecule has 0 aliphatic carbocycles. The Labute approximate surface area is 204 Å². The second-order valence-electron chi connectivity index (χ2n) is 9.04. The molecular formula is C26H30N4O5. The number of carbonyl (C=O) groups excluding carboxylic acids is 3. The lowest BCUT2D eigenvalue weighted by Gasteiger charge is -2.35. The van der Waals surface area contributed by atoms with Gasteiger partial charge in [-0.2, -0.15) is 0 Å². The maximum absolute atomic E-state index is 12.7. The van der Waals surface area contributed by atoms with Gasteiger partial charge in [0.1, 0.15) is 5.75 Å². The van der Waals surface area contributed by atoms with Crippen LogP contribution in [-0.2, 0) is 32.0 Å². The molecule has 3 amide bonds. The lowest BCUT2D eigenvalue weighted by Crippen LogP contribution is -2.45. The highest BCUT2D eigenvalue weighted by molar-refractivity contribution is 6.39. The number of aryl methyl sites for hydroxylation is 1. The normalized spacial score (nSPS) is 18.1. The fourth-order valence-corrected chi connectivity index (χ4v) is 5.18. The number of anilines is 2. The van der Waals surface area contributed by atoms with E-state index in [-0.39, 0.29) is 18.5 Å². The van der Waals surface area contributed by atoms with E-state index < -0.39 is 11.8 Å². The molecule has 2 aromatic rings. The van der Waals surface area contributed by atoms with Gasteiger partial charge in [0.2, 0.25) is 5.91 Å². The molecule has 3 heterocycles. The molecule has 2 aromatic carbocycles. The van der Waals surface area contributed by atoms with Crippen molar-refractivity contribution in [1.29, 1.82) is 0 Å². The fraction of sp³-hybridized carbons (Fsp3) is 0.423. The summed E-state index contributed by atoms with van der Waals surface area (Å²) >= 11 is 0. The average molecular weight is 479 g/mol. The van der Waals surface area contributed by atoms with E-state index in [1.54, 1.807) is 7.11 Å². The number of ether oxygens (including phenoxy) is 2. The summed E-state index contributed by atoms with van der Waals surface area (Å²) in [4.78, 5) is 41.7. The number of nitrogens with zero attached hydrogens (tertiary/aromatic N) is 2. The van der Waals surface area contributed by atoms with Gasteiger partial charge in [0.05, 0.1) is 32.1 Å². The van der Waals surface area contributed by atoms with Crippen molar-refractivity contribution in [2.45, 2.75) is 25.3 Å². The molecular weight excluding hydrogens is 448 g/mol. The van der Waals surface area contributed by atoms with Gasteiger partial charge < -0.3 is 25.0 Å². The van der Waals surface area contributed by atoms with Crippen molar-refractivity contribution in [2.24, 2.45) is 0 Å². The van der Waals surface area contributed by atoms with Crippen molar-refractivity contribution in [2.75, 3.05) is 56.7 Å². The molecule has 9 heteroatoms. The summed E-state index contributed by atoms with van der Waals surface area (Å²) in [5.41, 5.74) is 4.66. The van der Waals surface area contributed by atoms with Crippen LogP contribution in [0.15, 0.2) is 36.4 Å². The van der Waals surface area contributed by atoms with Crippen LogP contribution in [0.2, 0.25) is 0 Å². The molecule has 5 rings (SSSR count). The van der Waals surface area contributed by atoms with Crippen molar-refractivity contribution >= 4 is 29.1 Å². The molecule has 0 spiro atoms. The number of nitrogens with one attached hydrogen (secondary N) is 2. The molecule has 35 heavy (non-hydrogen) atoms. The molecule has 3 aliphatic heterocycles. The Morgan fingerprint density at radius 1 is 1.03 bits per heavy atom. The van der Waals surface area contributed by atoms with Crippen LogP contribution in [0.1, 0.15) is 29.2 Å². The molecule has 1 fully saturated rings. The van der Waals surface area contributed by atoms with Crippen LogP contribution < -0.4 is 20.3 Å². The Morgan fingerprint density at radius 2 is 1.80 bits per heavy atom. The molecule has 1 atom stereocenters. The van der Waals surface area contributed by atoms with E-state index in [1.165, 1.54) is 0 Å². The van der Waals surface area contributed by atoms with Gasteiger partial charge in [-0.3, -0.25) is 19.3 Å². The zero-order valence-corrected chi connectivity index (χ0v) is 19.8. The number of methoxy groups -OCH3 is 1. The average Bonchev–Trinajstić information content (AvgIpc) is 3.32. The first-order valence-corrected chi connectivity index (χ1v) is 12.0. The van der Waals surface area contributed by atoms with Gasteiger partial charge in [-0.05, 0) is 53.8 Å². The molecule has 0 bridgehead atoms. The maximum atomic E-state index is 12.7. The van der Waals surface area contributed by atoms with E-state index in [0.29, 0.717) is 38.3 Å². The Bertz CT molecular complexity index is 1140. The van der Waals surface area contributed by atoms with Crippen LogP contribution in [-0.4, -0.2) is 69.1 Å². The quantitative estimate of drug-likeness (QED) is 0.613. The number of amides is 3. The summed E-state index contributed by atoms with van der Waals surface area (Å²) in [6.07, 6.45) is 1.87. The molecule has 184 valence electrons. The van der Waals surface area contributed by atoms with E-state index in [0.717, 1.165) is 47.6 Å². The van der Waals surface area contributed by atoms with Crippen LogP contribution in [0, 0.1) is 0 Å². The van der Waals surface area contributed by atoms with E-state index in [9.17, 15) is 14.4 Å². The first-order chi connectivity index (χ1) is 17.0. The molecule has 1 unspecified atom stereocenters. The van der Waals surface area contributed by atoms with Gasteiger partial charge in [0.25, 0.3) is 0 Å². The first kappa shape index (κ1) is 23.3. The summed E-state index contributed by atoms with van der Waals surface area (Å²) < 4.78 is 10.9. The molecule has 0 radical (unpaired) electrons. The second-order valence-corrected chi connectivity index (χ2v) is 9.04. The minimum atomic E-state index is -0.703. The highest BCUT2D eigenvalue weighted by Gasteiger charge is 2.32. The first-order valence-electron chi connectivity index (χ1n) is 12.0. The van der Waals surface area contributed by atoms with Crippen molar-refractivity contribution in [1.82, 2.24) is 10.2 Å². The van der Waals surface area contributed by atoms with Crippen LogP contribution in [0.3, 0.4) is 0 Å². The largest absolute Gasteiger partial charge is 0.497 e. The zero-order chi connectivity index (χ0) is 24.4. The lowest BCUT2D eigenvalue weighted by atomic mass is 9.98. The van der Waals surface area contributed by atoms with Gasteiger partial charge in [0, 0.05) is 38.3 Å². The van der Waals surface area contributed by atoms with Gasteiger partial charge in [-0.25, -0.2) is 0 Å². The van der Waals surface area contributed by atoms with Crippen LogP contribution in [0.4, 0.5) is 11.4 Å². The van der Waals surface area contributed by atoms with Crippen LogP contribution >= 0.6 is 0 Å². The number of hydrogen-bond donors (Lipinski definition) is 2. The van der Waals surface area contributed by atoms with E-state index in [1.807, 2.05) is 41.3 Å². The van der Waals surface area contributed by atoms with E-state index in [2.05, 4.69) is 15.5 Å². The third kappa shape index (κ3) is 4.87. The number of hydrogen-bond acceptors (Lipinski definition) is 6. The molecule has 2 N–H and O–H groups in total. The highest BCUT2D eigenvalue weighted by atomic mass is 16.5. The van der Waals surface area contributed by atoms with Gasteiger partial charge in [-0.15, -0.1) is 0 Å². The molecule has 1 saturated heterocycles. The van der Waals surface area contributed by atoms with Crippen LogP contribution in [0.25, 0.3) is 0 Å². The summed E-state index contributed by atoms with van der Waals surface area (Å²) in [5.74, 6) is -0.494. The predicted octanol–water partition coefficient (Wildman–Crippen LogP) is 1.66. The third-order valence-corrected chi connectivity index (χ3v) is 6.94. The Hall–Kier alpha value is -3.43. The van der Waals surface area contributed by atoms with Gasteiger partial charge in [-0.1, -0.05) is 12.1 Å². The van der Waals surface area contributed by atoms with E-state index >= 15 is 0 Å². The van der Waals surface area contributed by atoms with Crippen LogP contribution in [0.5, 0.6) is 5.75 Å². The fourth-order valence-electron chi connectivity index (χ4n) is 5.18. The predicted molar refractivity (Wildman–Crippen MR) is 131 cm³/mol. The second kappa shape index (κ2) is 10.1. The standard InChI is InChI=1S/C26H30N4O5/c1-34-21-4-2-3-17(15-21)22(29-9-11-35-12-10-29)16-27-25(32)26(33)28-20-13-18-5-6-23(31)30-8-7-19(14-20)24(18)30/h2-4,13-15,22H,5-12,16H2,1H3,(H,27,32)(H,28,33). The van der Waals surface area contributed by atoms with Crippen molar-refractivity contribution < 1.29 is 23.9 Å². The number of rotatable bonds is 6. The number of morpholine rings is 1. The lowest BCUT2D eigenvalue weighted by molar-refractivity contribution is -0.136. The Kier molecular flexibility index (Phi) is 6.70. The summed E-state index contributed by atoms with van der Waals surface area (Å²) in [7, 11) is 1.62. The molecule has 0 aromatic heterocycles. The Balaban J connectivity index is 1.26. The smallest absolute Gasteiger partial charge is 0.313 e.